The zero-order valence-electron chi connectivity index (χ0n) is 12.7. The van der Waals surface area contributed by atoms with Crippen LogP contribution in [0.5, 0.6) is 0 Å². The van der Waals surface area contributed by atoms with Crippen molar-refractivity contribution < 1.29 is 13.9 Å². The van der Waals surface area contributed by atoms with Crippen LogP contribution in [0.25, 0.3) is 11.1 Å². The highest BCUT2D eigenvalue weighted by molar-refractivity contribution is 5.79. The maximum absolute atomic E-state index is 12.2. The average Bonchev–Trinajstić information content (AvgIpc) is 3.16. The van der Waals surface area contributed by atoms with Crippen molar-refractivity contribution in [1.29, 1.82) is 0 Å². The average molecular weight is 303 g/mol. The number of amides is 1. The molecule has 3 rings (SSSR count). The summed E-state index contributed by atoms with van der Waals surface area (Å²) in [6.45, 7) is 3.66. The van der Waals surface area contributed by atoms with Crippen molar-refractivity contribution >= 4 is 17.0 Å². The molecule has 1 atom stereocenters. The third-order valence-corrected chi connectivity index (χ3v) is 4.01. The second-order valence-corrected chi connectivity index (χ2v) is 5.57. The minimum atomic E-state index is 0.0428. The molecule has 1 aromatic heterocycles. The number of nitrogens with zero attached hydrogens (tertiary/aromatic N) is 2. The number of aromatic nitrogens is 1. The number of para-hydroxylation sites is 2. The lowest BCUT2D eigenvalue weighted by atomic mass is 10.1. The van der Waals surface area contributed by atoms with Gasteiger partial charge in [0.15, 0.2) is 5.58 Å². The molecular weight excluding hydrogens is 282 g/mol. The molecule has 0 aliphatic carbocycles. The van der Waals surface area contributed by atoms with Crippen LogP contribution in [0, 0.1) is 5.92 Å². The molecule has 1 fully saturated rings. The number of carbonyl (C=O) groups excluding carboxylic acids is 1. The molecule has 2 aromatic rings. The molecule has 1 unspecified atom stereocenters. The minimum Gasteiger partial charge on any atom is -0.439 e. The third kappa shape index (κ3) is 3.45. The first-order chi connectivity index (χ1) is 10.8. The number of fused-ring (bicyclic) bond motifs is 1. The topological polar surface area (TPSA) is 67.6 Å². The zero-order chi connectivity index (χ0) is 15.4. The molecule has 1 aliphatic heterocycles. The Kier molecular flexibility index (Phi) is 4.70. The van der Waals surface area contributed by atoms with E-state index in [2.05, 4.69) is 15.2 Å². The van der Waals surface area contributed by atoms with Crippen molar-refractivity contribution in [3.63, 3.8) is 0 Å². The van der Waals surface area contributed by atoms with Crippen LogP contribution in [-0.2, 0) is 16.1 Å². The van der Waals surface area contributed by atoms with E-state index in [-0.39, 0.29) is 11.8 Å². The van der Waals surface area contributed by atoms with Crippen LogP contribution in [0.4, 0.5) is 0 Å². The second-order valence-electron chi connectivity index (χ2n) is 5.57. The van der Waals surface area contributed by atoms with Gasteiger partial charge < -0.3 is 19.4 Å². The molecule has 118 valence electrons. The van der Waals surface area contributed by atoms with Gasteiger partial charge in [0.25, 0.3) is 0 Å². The Morgan fingerprint density at radius 3 is 3.18 bits per heavy atom. The number of carbonyl (C=O) groups is 1. The van der Waals surface area contributed by atoms with Gasteiger partial charge in [0, 0.05) is 20.2 Å². The van der Waals surface area contributed by atoms with E-state index in [4.69, 9.17) is 9.15 Å². The Morgan fingerprint density at radius 1 is 1.50 bits per heavy atom. The van der Waals surface area contributed by atoms with E-state index in [0.717, 1.165) is 37.2 Å². The third-order valence-electron chi connectivity index (χ3n) is 4.01. The van der Waals surface area contributed by atoms with Crippen molar-refractivity contribution in [2.45, 2.75) is 13.0 Å². The van der Waals surface area contributed by atoms with Crippen molar-refractivity contribution in [2.24, 2.45) is 5.92 Å². The fraction of sp³-hybridized carbons (Fsp3) is 0.500. The summed E-state index contributed by atoms with van der Waals surface area (Å²) < 4.78 is 10.7. The highest BCUT2D eigenvalue weighted by atomic mass is 16.5. The van der Waals surface area contributed by atoms with Crippen LogP contribution in [0.2, 0.25) is 0 Å². The number of hydrogen-bond donors (Lipinski definition) is 1. The predicted octanol–water partition coefficient (Wildman–Crippen LogP) is 1.41. The zero-order valence-corrected chi connectivity index (χ0v) is 12.7. The SMILES string of the molecule is COCCN1CCC(C(=O)NCc2nc3ccccc3o2)C1. The Morgan fingerprint density at radius 2 is 2.36 bits per heavy atom. The van der Waals surface area contributed by atoms with Gasteiger partial charge in [-0.15, -0.1) is 0 Å². The molecule has 0 saturated carbocycles. The highest BCUT2D eigenvalue weighted by Gasteiger charge is 2.27. The maximum atomic E-state index is 12.2. The van der Waals surface area contributed by atoms with Gasteiger partial charge in [0.1, 0.15) is 5.52 Å². The van der Waals surface area contributed by atoms with Crippen molar-refractivity contribution in [1.82, 2.24) is 15.2 Å². The van der Waals surface area contributed by atoms with Gasteiger partial charge in [-0.1, -0.05) is 12.1 Å². The van der Waals surface area contributed by atoms with E-state index >= 15 is 0 Å². The number of likely N-dealkylation sites (tertiary alicyclic amines) is 1. The standard InChI is InChI=1S/C16H21N3O3/c1-21-9-8-19-7-6-12(11-19)16(20)17-10-15-18-13-4-2-3-5-14(13)22-15/h2-5,12H,6-11H2,1H3,(H,17,20). The molecule has 1 aliphatic rings. The van der Waals surface area contributed by atoms with Crippen molar-refractivity contribution in [2.75, 3.05) is 33.4 Å². The second kappa shape index (κ2) is 6.89. The summed E-state index contributed by atoms with van der Waals surface area (Å²) in [5, 5.41) is 2.93. The summed E-state index contributed by atoms with van der Waals surface area (Å²) in [5.74, 6) is 0.659. The number of nitrogens with one attached hydrogen (secondary N) is 1. The lowest BCUT2D eigenvalue weighted by molar-refractivity contribution is -0.124. The minimum absolute atomic E-state index is 0.0428. The molecule has 1 N–H and O–H groups in total. The summed E-state index contributed by atoms with van der Waals surface area (Å²) in [6, 6.07) is 7.59. The molecule has 22 heavy (non-hydrogen) atoms. The highest BCUT2D eigenvalue weighted by Crippen LogP contribution is 2.17. The Hall–Kier alpha value is -1.92. The number of rotatable bonds is 6. The summed E-state index contributed by atoms with van der Waals surface area (Å²) in [6.07, 6.45) is 0.892. The lowest BCUT2D eigenvalue weighted by Gasteiger charge is -2.14. The van der Waals surface area contributed by atoms with Crippen LogP contribution in [0.3, 0.4) is 0 Å². The fourth-order valence-electron chi connectivity index (χ4n) is 2.77. The fourth-order valence-corrected chi connectivity index (χ4v) is 2.77. The molecule has 6 nitrogen and oxygen atoms in total. The van der Waals surface area contributed by atoms with E-state index in [1.807, 2.05) is 24.3 Å². The molecule has 0 spiro atoms. The van der Waals surface area contributed by atoms with Gasteiger partial charge >= 0.3 is 0 Å². The van der Waals surface area contributed by atoms with Crippen molar-refractivity contribution in [3.05, 3.63) is 30.2 Å². The van der Waals surface area contributed by atoms with Crippen molar-refractivity contribution in [3.8, 4) is 0 Å². The molecule has 1 aromatic carbocycles. The number of hydrogen-bond acceptors (Lipinski definition) is 5. The van der Waals surface area contributed by atoms with E-state index in [9.17, 15) is 4.79 Å². The van der Waals surface area contributed by atoms with Gasteiger partial charge in [-0.05, 0) is 25.1 Å². The van der Waals surface area contributed by atoms with E-state index in [0.29, 0.717) is 19.0 Å². The Bertz CT molecular complexity index is 607. The summed E-state index contributed by atoms with van der Waals surface area (Å²) in [5.41, 5.74) is 1.57. The van der Waals surface area contributed by atoms with E-state index < -0.39 is 0 Å². The summed E-state index contributed by atoms with van der Waals surface area (Å²) in [7, 11) is 1.70. The smallest absolute Gasteiger partial charge is 0.224 e. The quantitative estimate of drug-likeness (QED) is 0.874. The van der Waals surface area contributed by atoms with Crippen LogP contribution < -0.4 is 5.32 Å². The maximum Gasteiger partial charge on any atom is 0.224 e. The van der Waals surface area contributed by atoms with Gasteiger partial charge in [0.05, 0.1) is 19.1 Å². The van der Waals surface area contributed by atoms with E-state index in [1.165, 1.54) is 0 Å². The van der Waals surface area contributed by atoms with Crippen LogP contribution in [0.15, 0.2) is 28.7 Å². The summed E-state index contributed by atoms with van der Waals surface area (Å²) >= 11 is 0. The Labute approximate surface area is 129 Å². The van der Waals surface area contributed by atoms with Gasteiger partial charge in [-0.3, -0.25) is 4.79 Å². The lowest BCUT2D eigenvalue weighted by Crippen LogP contribution is -2.33. The van der Waals surface area contributed by atoms with Gasteiger partial charge in [0.2, 0.25) is 11.8 Å². The first-order valence-electron chi connectivity index (χ1n) is 7.59. The molecule has 2 heterocycles. The largest absolute Gasteiger partial charge is 0.439 e. The molecule has 6 heteroatoms. The van der Waals surface area contributed by atoms with Gasteiger partial charge in [-0.25, -0.2) is 4.98 Å². The van der Waals surface area contributed by atoms with Crippen LogP contribution in [-0.4, -0.2) is 49.1 Å². The molecular formula is C16H21N3O3. The molecule has 1 amide bonds. The number of benzene rings is 1. The number of methoxy groups -OCH3 is 1. The first-order valence-corrected chi connectivity index (χ1v) is 7.59. The predicted molar refractivity (Wildman–Crippen MR) is 82.3 cm³/mol. The first kappa shape index (κ1) is 15.0. The van der Waals surface area contributed by atoms with Crippen LogP contribution >= 0.6 is 0 Å². The Balaban J connectivity index is 1.50. The molecule has 0 bridgehead atoms. The monoisotopic (exact) mass is 303 g/mol. The molecule has 1 saturated heterocycles. The van der Waals surface area contributed by atoms with Gasteiger partial charge in [-0.2, -0.15) is 0 Å². The normalized spacial score (nSPS) is 18.9. The summed E-state index contributed by atoms with van der Waals surface area (Å²) in [4.78, 5) is 18.8. The number of oxazole rings is 1. The van der Waals surface area contributed by atoms with Crippen LogP contribution in [0.1, 0.15) is 12.3 Å². The number of ether oxygens (including phenoxy) is 1. The van der Waals surface area contributed by atoms with E-state index in [1.54, 1.807) is 7.11 Å². The molecule has 0 radical (unpaired) electrons.